The molecule has 3 aromatic carbocycles. The molecule has 1 saturated heterocycles. The van der Waals surface area contributed by atoms with Crippen molar-refractivity contribution in [1.29, 1.82) is 0 Å². The van der Waals surface area contributed by atoms with Crippen LogP contribution >= 0.6 is 0 Å². The number of methoxy groups -OCH3 is 3. The van der Waals surface area contributed by atoms with Crippen molar-refractivity contribution in [3.8, 4) is 17.2 Å². The Morgan fingerprint density at radius 1 is 0.875 bits per heavy atom. The standard InChI is InChI=1S/C27H25F2NO8S2/c1-36-22-13-17(14-23(37-2)27(22)38-3)12-18-15-30(40(34,35)20-10-8-19(28)9-11-20)16-25(26(18)31)39(32,33)24-7-5-4-6-21(24)29/h4-14,25H,15-16H2,1-3H3. The van der Waals surface area contributed by atoms with Crippen LogP contribution in [0.15, 0.2) is 76.0 Å². The quantitative estimate of drug-likeness (QED) is 0.365. The van der Waals surface area contributed by atoms with Crippen LogP contribution in [-0.2, 0) is 24.7 Å². The van der Waals surface area contributed by atoms with E-state index in [9.17, 15) is 30.4 Å². The fraction of sp³-hybridized carbons (Fsp3) is 0.222. The summed E-state index contributed by atoms with van der Waals surface area (Å²) in [5, 5.41) is -1.96. The molecule has 0 bridgehead atoms. The van der Waals surface area contributed by atoms with Gasteiger partial charge in [-0.1, -0.05) is 12.1 Å². The molecule has 0 aliphatic carbocycles. The SMILES string of the molecule is COc1cc(C=C2CN(S(=O)(=O)c3ccc(F)cc3)CC(S(=O)(=O)c3ccccc3F)C2=O)cc(OC)c1OC. The number of rotatable bonds is 8. The summed E-state index contributed by atoms with van der Waals surface area (Å²) in [6.07, 6.45) is 1.31. The predicted molar refractivity (Wildman–Crippen MR) is 142 cm³/mol. The zero-order valence-electron chi connectivity index (χ0n) is 21.6. The molecule has 3 aromatic rings. The second-order valence-corrected chi connectivity index (χ2v) is 12.7. The highest BCUT2D eigenvalue weighted by molar-refractivity contribution is 7.93. The number of carbonyl (C=O) groups excluding carboxylic acids is 1. The van der Waals surface area contributed by atoms with Crippen molar-refractivity contribution in [2.45, 2.75) is 15.0 Å². The summed E-state index contributed by atoms with van der Waals surface area (Å²) in [6.45, 7) is -1.28. The molecule has 9 nitrogen and oxygen atoms in total. The first-order valence-corrected chi connectivity index (χ1v) is 14.7. The zero-order chi connectivity index (χ0) is 29.2. The van der Waals surface area contributed by atoms with Crippen molar-refractivity contribution in [3.63, 3.8) is 0 Å². The van der Waals surface area contributed by atoms with Crippen LogP contribution in [0.1, 0.15) is 5.56 Å². The van der Waals surface area contributed by atoms with Crippen LogP contribution in [-0.4, -0.2) is 66.6 Å². The number of hydrogen-bond donors (Lipinski definition) is 0. The lowest BCUT2D eigenvalue weighted by atomic mass is 10.0. The summed E-state index contributed by atoms with van der Waals surface area (Å²) < 4.78 is 98.9. The third-order valence-corrected chi connectivity index (χ3v) is 10.2. The number of ether oxygens (including phenoxy) is 3. The van der Waals surface area contributed by atoms with Gasteiger partial charge in [-0.15, -0.1) is 0 Å². The fourth-order valence-corrected chi connectivity index (χ4v) is 7.57. The first-order valence-electron chi connectivity index (χ1n) is 11.7. The van der Waals surface area contributed by atoms with Crippen molar-refractivity contribution in [3.05, 3.63) is 83.4 Å². The maximum absolute atomic E-state index is 14.6. The van der Waals surface area contributed by atoms with Gasteiger partial charge in [-0.2, -0.15) is 4.31 Å². The molecule has 0 saturated carbocycles. The van der Waals surface area contributed by atoms with Crippen LogP contribution in [0, 0.1) is 11.6 Å². The van der Waals surface area contributed by atoms with E-state index in [-0.39, 0.29) is 27.7 Å². The number of sulfonamides is 1. The van der Waals surface area contributed by atoms with Crippen molar-refractivity contribution >= 4 is 31.7 Å². The monoisotopic (exact) mass is 593 g/mol. The number of ketones is 1. The van der Waals surface area contributed by atoms with Gasteiger partial charge in [-0.3, -0.25) is 4.79 Å². The van der Waals surface area contributed by atoms with E-state index in [1.165, 1.54) is 51.7 Å². The molecule has 0 N–H and O–H groups in total. The predicted octanol–water partition coefficient (Wildman–Crippen LogP) is 3.49. The molecule has 13 heteroatoms. The minimum Gasteiger partial charge on any atom is -0.493 e. The highest BCUT2D eigenvalue weighted by Crippen LogP contribution is 2.39. The summed E-state index contributed by atoms with van der Waals surface area (Å²) in [7, 11) is -4.92. The Balaban J connectivity index is 1.88. The maximum atomic E-state index is 14.6. The molecule has 1 unspecified atom stereocenters. The number of nitrogens with zero attached hydrogens (tertiary/aromatic N) is 1. The minimum atomic E-state index is -4.69. The van der Waals surface area contributed by atoms with Crippen molar-refractivity contribution < 1.29 is 44.6 Å². The summed E-state index contributed by atoms with van der Waals surface area (Å²) in [6, 6.07) is 11.5. The second-order valence-electron chi connectivity index (χ2n) is 8.71. The van der Waals surface area contributed by atoms with E-state index in [4.69, 9.17) is 14.2 Å². The number of Topliss-reactive ketones (excluding diaryl/α,β-unsaturated/α-hetero) is 1. The molecule has 40 heavy (non-hydrogen) atoms. The Hall–Kier alpha value is -3.81. The average molecular weight is 594 g/mol. The molecule has 0 radical (unpaired) electrons. The molecular weight excluding hydrogens is 568 g/mol. The number of benzene rings is 3. The van der Waals surface area contributed by atoms with Crippen molar-refractivity contribution in [2.24, 2.45) is 0 Å². The van der Waals surface area contributed by atoms with E-state index in [0.29, 0.717) is 5.56 Å². The molecule has 0 aromatic heterocycles. The number of sulfone groups is 1. The lowest BCUT2D eigenvalue weighted by Crippen LogP contribution is -2.51. The first-order chi connectivity index (χ1) is 18.9. The van der Waals surface area contributed by atoms with Crippen LogP contribution in [0.25, 0.3) is 6.08 Å². The van der Waals surface area contributed by atoms with Gasteiger partial charge in [-0.05, 0) is 60.2 Å². The third kappa shape index (κ3) is 5.44. The normalized spacial score (nSPS) is 17.6. The van der Waals surface area contributed by atoms with Gasteiger partial charge >= 0.3 is 0 Å². The Morgan fingerprint density at radius 2 is 1.48 bits per heavy atom. The lowest BCUT2D eigenvalue weighted by molar-refractivity contribution is -0.116. The molecule has 1 heterocycles. The van der Waals surface area contributed by atoms with Gasteiger partial charge in [0.1, 0.15) is 21.8 Å². The van der Waals surface area contributed by atoms with E-state index in [1.807, 2.05) is 0 Å². The van der Waals surface area contributed by atoms with Crippen LogP contribution in [0.2, 0.25) is 0 Å². The van der Waals surface area contributed by atoms with Gasteiger partial charge < -0.3 is 14.2 Å². The third-order valence-electron chi connectivity index (χ3n) is 6.32. The smallest absolute Gasteiger partial charge is 0.243 e. The summed E-state index contributed by atoms with van der Waals surface area (Å²) >= 11 is 0. The topological polar surface area (TPSA) is 116 Å². The van der Waals surface area contributed by atoms with E-state index in [2.05, 4.69) is 0 Å². The maximum Gasteiger partial charge on any atom is 0.243 e. The van der Waals surface area contributed by atoms with E-state index in [0.717, 1.165) is 40.7 Å². The van der Waals surface area contributed by atoms with Gasteiger partial charge in [-0.25, -0.2) is 25.6 Å². The first kappa shape index (κ1) is 29.2. The summed E-state index contributed by atoms with van der Waals surface area (Å²) in [5.41, 5.74) is 0.136. The van der Waals surface area contributed by atoms with Crippen LogP contribution in [0.4, 0.5) is 8.78 Å². The molecule has 4 rings (SSSR count). The zero-order valence-corrected chi connectivity index (χ0v) is 23.3. The Labute approximate surface area is 230 Å². The second kappa shape index (κ2) is 11.4. The van der Waals surface area contributed by atoms with Crippen molar-refractivity contribution in [1.82, 2.24) is 4.31 Å². The molecule has 1 aliphatic heterocycles. The number of hydrogen-bond acceptors (Lipinski definition) is 8. The highest BCUT2D eigenvalue weighted by atomic mass is 32.2. The Kier molecular flexibility index (Phi) is 8.28. The van der Waals surface area contributed by atoms with Crippen LogP contribution in [0.3, 0.4) is 0 Å². The van der Waals surface area contributed by atoms with Crippen LogP contribution < -0.4 is 14.2 Å². The fourth-order valence-electron chi connectivity index (χ4n) is 4.32. The molecule has 1 fully saturated rings. The van der Waals surface area contributed by atoms with E-state index < -0.39 is 60.5 Å². The number of piperidine rings is 1. The molecule has 0 spiro atoms. The van der Waals surface area contributed by atoms with Gasteiger partial charge in [0.15, 0.2) is 27.1 Å². The van der Waals surface area contributed by atoms with Gasteiger partial charge in [0.25, 0.3) is 0 Å². The Bertz CT molecular complexity index is 1660. The van der Waals surface area contributed by atoms with Crippen molar-refractivity contribution in [2.75, 3.05) is 34.4 Å². The number of halogens is 2. The highest BCUT2D eigenvalue weighted by Gasteiger charge is 2.45. The lowest BCUT2D eigenvalue weighted by Gasteiger charge is -2.32. The van der Waals surface area contributed by atoms with E-state index in [1.54, 1.807) is 0 Å². The molecule has 0 amide bonds. The molecule has 1 aliphatic rings. The molecule has 1 atom stereocenters. The molecule has 212 valence electrons. The summed E-state index contributed by atoms with van der Waals surface area (Å²) in [5.74, 6) is -1.91. The van der Waals surface area contributed by atoms with Crippen LogP contribution in [0.5, 0.6) is 17.2 Å². The minimum absolute atomic E-state index is 0.184. The average Bonchev–Trinajstić information content (AvgIpc) is 2.93. The Morgan fingerprint density at radius 3 is 2.02 bits per heavy atom. The number of carbonyl (C=O) groups is 1. The largest absolute Gasteiger partial charge is 0.493 e. The molecular formula is C27H25F2NO8S2. The van der Waals surface area contributed by atoms with Gasteiger partial charge in [0.2, 0.25) is 15.8 Å². The van der Waals surface area contributed by atoms with Gasteiger partial charge in [0, 0.05) is 18.7 Å². The summed E-state index contributed by atoms with van der Waals surface area (Å²) in [4.78, 5) is 12.6. The van der Waals surface area contributed by atoms with Gasteiger partial charge in [0.05, 0.1) is 26.2 Å². The van der Waals surface area contributed by atoms with E-state index >= 15 is 0 Å².